The van der Waals surface area contributed by atoms with Gasteiger partial charge in [0.25, 0.3) is 5.91 Å². The predicted molar refractivity (Wildman–Crippen MR) is 48.8 cm³/mol. The lowest BCUT2D eigenvalue weighted by Crippen LogP contribution is -2.30. The van der Waals surface area contributed by atoms with Gasteiger partial charge in [-0.15, -0.1) is 0 Å². The third kappa shape index (κ3) is 3.43. The average Bonchev–Trinajstić information content (AvgIpc) is 2.94. The molecular weight excluding hydrogens is 186 g/mol. The van der Waals surface area contributed by atoms with Crippen molar-refractivity contribution in [2.24, 2.45) is 0 Å². The quantitative estimate of drug-likeness (QED) is 0.342. The fraction of sp³-hybridized carbons (Fsp3) is 0.778. The van der Waals surface area contributed by atoms with Gasteiger partial charge in [0.05, 0.1) is 12.6 Å². The van der Waals surface area contributed by atoms with Gasteiger partial charge in [0, 0.05) is 19.6 Å². The molecule has 0 spiro atoms. The van der Waals surface area contributed by atoms with E-state index < -0.39 is 0 Å². The highest BCUT2D eigenvalue weighted by molar-refractivity contribution is 5.85. The van der Waals surface area contributed by atoms with Gasteiger partial charge >= 0.3 is 0 Å². The first kappa shape index (κ1) is 11.1. The first-order chi connectivity index (χ1) is 6.79. The Balaban J connectivity index is 2.06. The Bertz CT molecular complexity index is 207. The van der Waals surface area contributed by atoms with Crippen LogP contribution in [0.4, 0.5) is 0 Å². The summed E-state index contributed by atoms with van der Waals surface area (Å²) in [7, 11) is 0. The van der Waals surface area contributed by atoms with Crippen LogP contribution in [0.2, 0.25) is 0 Å². The molecule has 0 unspecified atom stereocenters. The molecule has 0 aromatic carbocycles. The largest absolute Gasteiger partial charge is 0.382 e. The highest BCUT2D eigenvalue weighted by Crippen LogP contribution is 2.25. The molecule has 1 saturated heterocycles. The molecule has 1 fully saturated rings. The number of carbonyl (C=O) groups is 2. The van der Waals surface area contributed by atoms with Crippen LogP contribution in [0.3, 0.4) is 0 Å². The summed E-state index contributed by atoms with van der Waals surface area (Å²) in [6, 6.07) is 0. The molecular formula is C9H15NO4. The van der Waals surface area contributed by atoms with Gasteiger partial charge < -0.3 is 19.6 Å². The van der Waals surface area contributed by atoms with Crippen molar-refractivity contribution in [3.8, 4) is 0 Å². The van der Waals surface area contributed by atoms with Crippen LogP contribution >= 0.6 is 0 Å². The maximum atomic E-state index is 11.2. The Hall–Kier alpha value is -0.940. The fourth-order valence-electron chi connectivity index (χ4n) is 1.18. The highest BCUT2D eigenvalue weighted by Gasteiger charge is 2.44. The number of aldehydes is 1. The molecule has 0 aromatic rings. The zero-order chi connectivity index (χ0) is 10.4. The maximum Gasteiger partial charge on any atom is 0.252 e. The minimum Gasteiger partial charge on any atom is -0.382 e. The standard InChI is InChI=1S/C9H15NO4/c1-2-13-6-3-7-8(14-7)9(12)10-4-5-11/h5,7-8H,2-4,6H2,1H3,(H,10,12)/t7-,8+/m0/s1. The number of nitrogens with one attached hydrogen (secondary N) is 1. The average molecular weight is 201 g/mol. The molecule has 1 heterocycles. The first-order valence-electron chi connectivity index (χ1n) is 4.74. The van der Waals surface area contributed by atoms with E-state index in [1.807, 2.05) is 6.92 Å². The van der Waals surface area contributed by atoms with Crippen LogP contribution in [0.25, 0.3) is 0 Å². The van der Waals surface area contributed by atoms with Gasteiger partial charge in [-0.3, -0.25) is 4.79 Å². The maximum absolute atomic E-state index is 11.2. The van der Waals surface area contributed by atoms with Crippen LogP contribution in [-0.4, -0.2) is 44.2 Å². The third-order valence-electron chi connectivity index (χ3n) is 1.95. The van der Waals surface area contributed by atoms with Crippen molar-refractivity contribution in [3.05, 3.63) is 0 Å². The topological polar surface area (TPSA) is 67.9 Å². The number of hydrogen-bond donors (Lipinski definition) is 1. The number of epoxide rings is 1. The Morgan fingerprint density at radius 3 is 3.07 bits per heavy atom. The van der Waals surface area contributed by atoms with Gasteiger partial charge in [0.2, 0.25) is 0 Å². The molecule has 0 bridgehead atoms. The first-order valence-corrected chi connectivity index (χ1v) is 4.74. The third-order valence-corrected chi connectivity index (χ3v) is 1.95. The van der Waals surface area contributed by atoms with Crippen molar-refractivity contribution in [2.75, 3.05) is 19.8 Å². The summed E-state index contributed by atoms with van der Waals surface area (Å²) in [5.41, 5.74) is 0. The van der Waals surface area contributed by atoms with E-state index in [1.54, 1.807) is 0 Å². The van der Waals surface area contributed by atoms with Crippen molar-refractivity contribution < 1.29 is 19.1 Å². The molecule has 1 rings (SSSR count). The van der Waals surface area contributed by atoms with E-state index in [4.69, 9.17) is 9.47 Å². The van der Waals surface area contributed by atoms with Crippen molar-refractivity contribution in [2.45, 2.75) is 25.6 Å². The number of ether oxygens (including phenoxy) is 2. The molecule has 5 heteroatoms. The molecule has 1 aliphatic rings. The van der Waals surface area contributed by atoms with Crippen LogP contribution in [0.5, 0.6) is 0 Å². The summed E-state index contributed by atoms with van der Waals surface area (Å²) < 4.78 is 10.2. The molecule has 2 atom stereocenters. The second kappa shape index (κ2) is 5.72. The number of carbonyl (C=O) groups excluding carboxylic acids is 2. The fourth-order valence-corrected chi connectivity index (χ4v) is 1.18. The van der Waals surface area contributed by atoms with E-state index in [0.29, 0.717) is 19.5 Å². The summed E-state index contributed by atoms with van der Waals surface area (Å²) in [5, 5.41) is 2.44. The zero-order valence-electron chi connectivity index (χ0n) is 8.19. The Kier molecular flexibility index (Phi) is 4.55. The van der Waals surface area contributed by atoms with Crippen molar-refractivity contribution >= 4 is 12.2 Å². The zero-order valence-corrected chi connectivity index (χ0v) is 8.19. The minimum absolute atomic E-state index is 0.0341. The lowest BCUT2D eigenvalue weighted by Gasteiger charge is -1.97. The van der Waals surface area contributed by atoms with Crippen LogP contribution in [0.1, 0.15) is 13.3 Å². The van der Waals surface area contributed by atoms with Crippen LogP contribution in [-0.2, 0) is 19.1 Å². The smallest absolute Gasteiger partial charge is 0.252 e. The summed E-state index contributed by atoms with van der Waals surface area (Å²) in [4.78, 5) is 21.1. The molecule has 1 amide bonds. The predicted octanol–water partition coefficient (Wildman–Crippen LogP) is -0.504. The summed E-state index contributed by atoms with van der Waals surface area (Å²) in [5.74, 6) is -0.210. The molecule has 0 radical (unpaired) electrons. The SMILES string of the molecule is CCOCC[C@@H]1O[C@H]1C(=O)NCC=O. The van der Waals surface area contributed by atoms with Gasteiger partial charge in [0.1, 0.15) is 6.29 Å². The van der Waals surface area contributed by atoms with Gasteiger partial charge in [-0.25, -0.2) is 0 Å². The van der Waals surface area contributed by atoms with E-state index in [9.17, 15) is 9.59 Å². The summed E-state index contributed by atoms with van der Waals surface area (Å²) >= 11 is 0. The molecule has 80 valence electrons. The molecule has 0 aliphatic carbocycles. The van der Waals surface area contributed by atoms with E-state index in [0.717, 1.165) is 6.42 Å². The lowest BCUT2D eigenvalue weighted by molar-refractivity contribution is -0.123. The van der Waals surface area contributed by atoms with Gasteiger partial charge in [-0.1, -0.05) is 0 Å². The van der Waals surface area contributed by atoms with Crippen molar-refractivity contribution in [1.29, 1.82) is 0 Å². The Labute approximate surface area is 82.8 Å². The minimum atomic E-state index is -0.379. The van der Waals surface area contributed by atoms with Crippen LogP contribution in [0.15, 0.2) is 0 Å². The van der Waals surface area contributed by atoms with Crippen molar-refractivity contribution in [1.82, 2.24) is 5.32 Å². The van der Waals surface area contributed by atoms with Gasteiger partial charge in [-0.05, 0) is 6.92 Å². The van der Waals surface area contributed by atoms with Crippen LogP contribution < -0.4 is 5.32 Å². The molecule has 0 saturated carbocycles. The van der Waals surface area contributed by atoms with E-state index in [-0.39, 0.29) is 24.7 Å². The summed E-state index contributed by atoms with van der Waals surface area (Å²) in [6.45, 7) is 3.26. The van der Waals surface area contributed by atoms with E-state index in [2.05, 4.69) is 5.32 Å². The molecule has 0 aromatic heterocycles. The Morgan fingerprint density at radius 2 is 2.43 bits per heavy atom. The molecule has 1 N–H and O–H groups in total. The van der Waals surface area contributed by atoms with E-state index >= 15 is 0 Å². The second-order valence-corrected chi connectivity index (χ2v) is 2.99. The number of amides is 1. The molecule has 1 aliphatic heterocycles. The van der Waals surface area contributed by atoms with E-state index in [1.165, 1.54) is 0 Å². The second-order valence-electron chi connectivity index (χ2n) is 2.99. The number of rotatable bonds is 7. The summed E-state index contributed by atoms with van der Waals surface area (Å²) in [6.07, 6.45) is 0.964. The molecule has 14 heavy (non-hydrogen) atoms. The normalized spacial score (nSPS) is 24.4. The van der Waals surface area contributed by atoms with Gasteiger partial charge in [0.15, 0.2) is 6.10 Å². The molecule has 5 nitrogen and oxygen atoms in total. The number of hydrogen-bond acceptors (Lipinski definition) is 4. The highest BCUT2D eigenvalue weighted by atomic mass is 16.6. The van der Waals surface area contributed by atoms with Crippen LogP contribution in [0, 0.1) is 0 Å². The van der Waals surface area contributed by atoms with Gasteiger partial charge in [-0.2, -0.15) is 0 Å². The monoisotopic (exact) mass is 201 g/mol. The van der Waals surface area contributed by atoms with Crippen molar-refractivity contribution in [3.63, 3.8) is 0 Å². The Morgan fingerprint density at radius 1 is 1.64 bits per heavy atom. The lowest BCUT2D eigenvalue weighted by atomic mass is 10.2.